The maximum atomic E-state index is 10.9. The second-order valence-corrected chi connectivity index (χ2v) is 4.71. The molecule has 1 aromatic rings. The van der Waals surface area contributed by atoms with Crippen molar-refractivity contribution in [3.05, 3.63) is 22.6 Å². The Labute approximate surface area is 158 Å². The molecule has 0 fully saturated rings. The molecule has 0 bridgehead atoms. The molecule has 0 aliphatic carbocycles. The molecule has 0 aromatic carbocycles. The number of carbonyl (C=O) groups excluding carboxylic acids is 3. The minimum Gasteiger partial charge on any atom is -0.626 e. The molecule has 9 nitrogen and oxygen atoms in total. The summed E-state index contributed by atoms with van der Waals surface area (Å²) in [5, 5.41) is 0. The minimum absolute atomic E-state index is 0. The average molecular weight is 716 g/mol. The fourth-order valence-electron chi connectivity index (χ4n) is 0.881. The summed E-state index contributed by atoms with van der Waals surface area (Å²) in [6, 6.07) is 0. The van der Waals surface area contributed by atoms with Gasteiger partial charge in [-0.25, -0.2) is 0 Å². The van der Waals surface area contributed by atoms with Gasteiger partial charge in [-0.05, 0) is 6.26 Å². The Kier molecular flexibility index (Phi) is 20.1. The van der Waals surface area contributed by atoms with E-state index in [4.69, 9.17) is 4.74 Å². The van der Waals surface area contributed by atoms with Crippen molar-refractivity contribution in [3.8, 4) is 0 Å². The molecule has 0 spiro atoms. The zero-order chi connectivity index (χ0) is 17.8. The first kappa shape index (κ1) is 30.9. The van der Waals surface area contributed by atoms with Crippen LogP contribution >= 0.6 is 0 Å². The van der Waals surface area contributed by atoms with Crippen LogP contribution in [0.3, 0.4) is 0 Å². The molecule has 0 aliphatic rings. The van der Waals surface area contributed by atoms with E-state index < -0.39 is 11.8 Å². The Morgan fingerprint density at radius 1 is 1.12 bits per heavy atom. The van der Waals surface area contributed by atoms with Crippen LogP contribution in [0.1, 0.15) is 40.9 Å². The molecule has 11 heteroatoms. The summed E-state index contributed by atoms with van der Waals surface area (Å²) < 4.78 is 21.8. The van der Waals surface area contributed by atoms with E-state index in [2.05, 4.69) is 24.6 Å². The molecule has 1 radical (unpaired) electrons. The molecule has 0 saturated heterocycles. The van der Waals surface area contributed by atoms with E-state index >= 15 is 0 Å². The van der Waals surface area contributed by atoms with Crippen LogP contribution in [0.15, 0.2) is 13.6 Å². The number of hydrogen-bond acceptors (Lipinski definition) is 9. The fourth-order valence-corrected chi connectivity index (χ4v) is 0.881. The normalized spacial score (nSPS) is 8.69. The Balaban J connectivity index is -0.000000172. The smallest absolute Gasteiger partial charge is 0.345 e. The summed E-state index contributed by atoms with van der Waals surface area (Å²) >= 11 is 0. The van der Waals surface area contributed by atoms with E-state index in [-0.39, 0.29) is 63.9 Å². The minimum atomic E-state index is -0.851. The van der Waals surface area contributed by atoms with Gasteiger partial charge in [-0.2, -0.15) is 0 Å². The van der Waals surface area contributed by atoms with Crippen molar-refractivity contribution in [3.63, 3.8) is 0 Å². The third-order valence-corrected chi connectivity index (χ3v) is 2.06. The van der Waals surface area contributed by atoms with Gasteiger partial charge in [0.2, 0.25) is 6.79 Å². The maximum Gasteiger partial charge on any atom is 0.345 e. The van der Waals surface area contributed by atoms with Gasteiger partial charge in [-0.15, -0.1) is 0 Å². The largest absolute Gasteiger partial charge is 0.626 e. The third kappa shape index (κ3) is 14.6. The first-order valence-electron chi connectivity index (χ1n) is 6.60. The van der Waals surface area contributed by atoms with Gasteiger partial charge in [0.15, 0.2) is 0 Å². The zero-order valence-corrected chi connectivity index (χ0v) is 22.3. The van der Waals surface area contributed by atoms with Gasteiger partial charge in [0, 0.05) is 19.5 Å². The fraction of sp³-hybridized carbons (Fsp3) is 0.600. The van der Waals surface area contributed by atoms with E-state index in [9.17, 15) is 19.2 Å². The number of hydrogen-bond donors (Lipinski definition) is 0. The van der Waals surface area contributed by atoms with Crippen LogP contribution in [0, 0.1) is 18.1 Å². The van der Waals surface area contributed by atoms with Gasteiger partial charge in [0.05, 0.1) is 17.6 Å². The van der Waals surface area contributed by atoms with Crippen molar-refractivity contribution in [2.24, 2.45) is 11.8 Å². The first-order valence-corrected chi connectivity index (χ1v) is 6.60. The Morgan fingerprint density at radius 2 is 1.62 bits per heavy atom. The number of carbonyl (C=O) groups is 2. The molecule has 0 N–H and O–H groups in total. The van der Waals surface area contributed by atoms with E-state index in [1.54, 1.807) is 27.7 Å². The topological polar surface area (TPSA) is 122 Å². The first-order chi connectivity index (χ1) is 10.8. The third-order valence-electron chi connectivity index (χ3n) is 2.06. The van der Waals surface area contributed by atoms with Gasteiger partial charge in [-0.1, -0.05) is 41.6 Å². The van der Waals surface area contributed by atoms with Crippen LogP contribution < -0.4 is 5.82 Å². The zero-order valence-electron chi connectivity index (χ0n) is 14.3. The molecule has 1 aromatic heterocycles. The van der Waals surface area contributed by atoms with Crippen LogP contribution in [0.5, 0.6) is 0 Å². The number of rotatable bonds is 7. The molecule has 0 amide bonds. The molecular weight excluding hydrogens is 694 g/mol. The maximum absolute atomic E-state index is 10.9. The second-order valence-electron chi connectivity index (χ2n) is 4.71. The van der Waals surface area contributed by atoms with Crippen LogP contribution in [-0.2, 0) is 54.7 Å². The van der Waals surface area contributed by atoms with Gasteiger partial charge < -0.3 is 32.6 Å². The van der Waals surface area contributed by atoms with E-state index in [0.717, 1.165) is 6.47 Å². The summed E-state index contributed by atoms with van der Waals surface area (Å²) in [6.45, 7) is 7.45. The molecule has 1 heterocycles. The molecule has 0 saturated carbocycles. The number of esters is 2. The standard InChI is InChI=1S/C8H9O5.C6H9O4.CH4.Rf.Rh/c1-5(2)7(9)11-3-6-4-12-8(10)13-6;1-5(2)6(8)10-4-9-3-7;;;/h5H,3H2,1-2H3;5H,4H2,1-2H3;1H4;;/q2*-1;;;. The second kappa shape index (κ2) is 16.9. The van der Waals surface area contributed by atoms with Crippen molar-refractivity contribution in [2.75, 3.05) is 6.79 Å². The van der Waals surface area contributed by atoms with Gasteiger partial charge in [0.1, 0.15) is 6.61 Å². The predicted octanol–water partition coefficient (Wildman–Crippen LogP) is 1.59. The summed E-state index contributed by atoms with van der Waals surface area (Å²) in [5.41, 5.74) is 0. The molecule has 1 rings (SSSR count). The number of ether oxygens (including phenoxy) is 3. The van der Waals surface area contributed by atoms with E-state index in [1.807, 2.05) is 0 Å². The summed E-state index contributed by atoms with van der Waals surface area (Å²) in [5.74, 6) is -1.93. The molecule has 149 valence electrons. The summed E-state index contributed by atoms with van der Waals surface area (Å²) in [6.07, 6.45) is 2.17. The van der Waals surface area contributed by atoms with Crippen molar-refractivity contribution in [2.45, 2.75) is 41.7 Å². The molecule has 0 atom stereocenters. The average Bonchev–Trinajstić information content (AvgIpc) is 2.91. The van der Waals surface area contributed by atoms with Crippen LogP contribution in [0.2, 0.25) is 0 Å². The molecule has 26 heavy (non-hydrogen) atoms. The van der Waals surface area contributed by atoms with Crippen molar-refractivity contribution >= 4 is 18.4 Å². The Morgan fingerprint density at radius 3 is 2.00 bits per heavy atom. The van der Waals surface area contributed by atoms with Gasteiger partial charge in [-0.3, -0.25) is 9.59 Å². The summed E-state index contributed by atoms with van der Waals surface area (Å²) in [4.78, 5) is 41.3. The van der Waals surface area contributed by atoms with E-state index in [0.29, 0.717) is 0 Å². The SMILES string of the molecule is C.CC(C)C(=O)OCO[C-]=O.CC(C)C(=O)OCc1[c-]oc(=O)o1.[Rf].[Rh]. The van der Waals surface area contributed by atoms with Crippen LogP contribution in [-0.4, -0.2) is 25.2 Å². The molecule has 0 unspecified atom stereocenters. The van der Waals surface area contributed by atoms with E-state index in [1.165, 1.54) is 0 Å². The summed E-state index contributed by atoms with van der Waals surface area (Å²) in [7, 11) is 0. The van der Waals surface area contributed by atoms with Crippen LogP contribution in [0.4, 0.5) is 0 Å². The monoisotopic (exact) mass is 716 g/mol. The van der Waals surface area contributed by atoms with Crippen LogP contribution in [0.25, 0.3) is 0 Å². The Bertz CT molecular complexity index is 551. The predicted molar refractivity (Wildman–Crippen MR) is 80.0 cm³/mol. The quantitative estimate of drug-likeness (QED) is 0.136. The molecular formula is C15H22O9RfRh-2. The van der Waals surface area contributed by atoms with Gasteiger partial charge >= 0.3 is 17.8 Å². The van der Waals surface area contributed by atoms with Crippen molar-refractivity contribution < 1.29 is 56.9 Å². The van der Waals surface area contributed by atoms with Crippen molar-refractivity contribution in [1.29, 1.82) is 0 Å². The van der Waals surface area contributed by atoms with Gasteiger partial charge in [0.25, 0.3) is 0 Å². The molecule has 0 aliphatic heterocycles. The Hall–Kier alpha value is -2.96. The van der Waals surface area contributed by atoms with Crippen molar-refractivity contribution in [1.82, 2.24) is 0 Å².